The number of amides is 4. The minimum atomic E-state index is -3.30. The number of rotatable bonds is 26. The summed E-state index contributed by atoms with van der Waals surface area (Å²) in [6.45, 7) is 14.4. The first-order chi connectivity index (χ1) is 63.7. The Morgan fingerprint density at radius 3 is 1.13 bits per heavy atom. The molecule has 4 amide bonds. The van der Waals surface area contributed by atoms with E-state index in [9.17, 15) is 27.6 Å². The minimum absolute atomic E-state index is 0.0271. The van der Waals surface area contributed by atoms with E-state index < -0.39 is 10.0 Å². The maximum atomic E-state index is 13.5. The van der Waals surface area contributed by atoms with Crippen molar-refractivity contribution in [3.05, 3.63) is 231 Å². The molecule has 4 fully saturated rings. The van der Waals surface area contributed by atoms with Crippen LogP contribution in [0.2, 0.25) is 0 Å². The van der Waals surface area contributed by atoms with Gasteiger partial charge in [-0.1, -0.05) is 30.3 Å². The van der Waals surface area contributed by atoms with Gasteiger partial charge in [-0.2, -0.15) is 0 Å². The first-order valence-corrected chi connectivity index (χ1v) is 47.7. The van der Waals surface area contributed by atoms with Gasteiger partial charge < -0.3 is 59.4 Å². The number of ether oxygens (including phenoxy) is 4. The number of nitrogens with zero attached hydrogens (tertiary/aromatic N) is 20. The lowest BCUT2D eigenvalue weighted by molar-refractivity contribution is 0.0797. The molecule has 4 aliphatic heterocycles. The van der Waals surface area contributed by atoms with Crippen LogP contribution in [0.4, 0.5) is 23.3 Å². The van der Waals surface area contributed by atoms with Crippen LogP contribution < -0.4 is 40.3 Å². The molecule has 0 radical (unpaired) electrons. The first-order valence-electron chi connectivity index (χ1n) is 42.5. The van der Waals surface area contributed by atoms with Gasteiger partial charge in [0, 0.05) is 169 Å². The summed E-state index contributed by atoms with van der Waals surface area (Å²) in [6, 6.07) is 34.5. The third kappa shape index (κ3) is 22.6. The number of aromatic nitrogens is 15. The third-order valence-corrected chi connectivity index (χ3v) is 26.5. The Hall–Kier alpha value is -13.0. The van der Waals surface area contributed by atoms with E-state index in [1.165, 1.54) is 58.0 Å². The largest absolute Gasteiger partial charge is 0.378 e. The van der Waals surface area contributed by atoms with Crippen molar-refractivity contribution in [2.24, 2.45) is 0 Å². The van der Waals surface area contributed by atoms with Gasteiger partial charge in [0.25, 0.3) is 23.6 Å². The average molecular weight is 1840 g/mol. The van der Waals surface area contributed by atoms with Gasteiger partial charge in [0.05, 0.1) is 102 Å². The number of sulfonamides is 1. The van der Waals surface area contributed by atoms with E-state index in [1.54, 1.807) is 53.7 Å². The van der Waals surface area contributed by atoms with Crippen LogP contribution in [0.1, 0.15) is 70.2 Å². The van der Waals surface area contributed by atoms with Gasteiger partial charge in [0.15, 0.2) is 23.3 Å². The number of hydrogen-bond donors (Lipinski definition) is 4. The Bertz CT molecular complexity index is 6280. The number of carbonyl (C=O) groups is 4. The lowest BCUT2D eigenvalue weighted by Crippen LogP contribution is -2.37. The molecule has 4 aliphatic rings. The van der Waals surface area contributed by atoms with Gasteiger partial charge in [0.1, 0.15) is 65.4 Å². The van der Waals surface area contributed by atoms with Crippen molar-refractivity contribution in [2.45, 2.75) is 32.6 Å². The highest BCUT2D eigenvalue weighted by molar-refractivity contribution is 7.89. The third-order valence-electron chi connectivity index (χ3n) is 21.5. The van der Waals surface area contributed by atoms with Crippen LogP contribution in [0, 0.1) is 6.92 Å². The maximum absolute atomic E-state index is 13.5. The topological polar surface area (TPSA) is 397 Å². The van der Waals surface area contributed by atoms with Crippen LogP contribution in [0.5, 0.6) is 0 Å². The second-order valence-electron chi connectivity index (χ2n) is 30.2. The molecule has 34 nitrogen and oxygen atoms in total. The maximum Gasteiger partial charge on any atom is 0.255 e. The van der Waals surface area contributed by atoms with Crippen molar-refractivity contribution in [1.82, 2.24) is 100 Å². The van der Waals surface area contributed by atoms with Gasteiger partial charge in [-0.25, -0.2) is 53.0 Å². The summed E-state index contributed by atoms with van der Waals surface area (Å²) in [5.74, 6) is 4.58. The Kier molecular flexibility index (Phi) is 30.5. The van der Waals surface area contributed by atoms with Crippen LogP contribution >= 0.6 is 45.3 Å². The minimum Gasteiger partial charge on any atom is -0.378 e. The lowest BCUT2D eigenvalue weighted by atomic mass is 10.1. The van der Waals surface area contributed by atoms with E-state index in [-0.39, 0.29) is 35.9 Å². The summed E-state index contributed by atoms with van der Waals surface area (Å²) in [5.41, 5.74) is 9.48. The summed E-state index contributed by atoms with van der Waals surface area (Å²) < 4.78 is 47.5. The van der Waals surface area contributed by atoms with Crippen molar-refractivity contribution < 1.29 is 46.5 Å². The number of aryl methyl sites for hydroxylation is 1. The van der Waals surface area contributed by atoms with E-state index >= 15 is 0 Å². The molecule has 15 aromatic heterocycles. The SMILES string of the molecule is CNS(=O)(=O)CCCNC(=O)c1csc2nc(-c3ccccn3)nc(N3CCOCC3)c12.Cc1cc(CCN(C)C(=O)c2csc3nc(-c4ccccn4)nc(N4CCOCC4)c23)ccn1.O=C(NCCc1cccnc1)c1csc2nc(-c3ccccn3)nc(N3CCOCC3)c12.O=C(NCCc1ccncc1)c1csc2nc(-c3ccccn3)nc(N3CCOCC3)c12. The van der Waals surface area contributed by atoms with E-state index in [0.29, 0.717) is 216 Å². The smallest absolute Gasteiger partial charge is 0.255 e. The predicted octanol–water partition coefficient (Wildman–Crippen LogP) is 10.8. The molecule has 0 spiro atoms. The molecule has 0 unspecified atom stereocenters. The van der Waals surface area contributed by atoms with Crippen LogP contribution in [-0.4, -0.2) is 263 Å². The monoisotopic (exact) mass is 1840 g/mol. The zero-order valence-corrected chi connectivity index (χ0v) is 75.7. The molecule has 0 atom stereocenters. The first kappa shape index (κ1) is 90.4. The molecule has 19 rings (SSSR count). The van der Waals surface area contributed by atoms with Crippen molar-refractivity contribution in [3.63, 3.8) is 0 Å². The summed E-state index contributed by atoms with van der Waals surface area (Å²) in [4.78, 5) is 134. The second-order valence-corrected chi connectivity index (χ2v) is 35.7. The van der Waals surface area contributed by atoms with Crippen LogP contribution in [0.15, 0.2) is 186 Å². The molecule has 0 bridgehead atoms. The Balaban J connectivity index is 0.000000127. The number of thiophene rings is 4. The second kappa shape index (κ2) is 43.9. The predicted molar refractivity (Wildman–Crippen MR) is 505 cm³/mol. The van der Waals surface area contributed by atoms with E-state index in [4.69, 9.17) is 53.8 Å². The highest BCUT2D eigenvalue weighted by Crippen LogP contribution is 2.40. The number of pyridine rings is 7. The van der Waals surface area contributed by atoms with Crippen molar-refractivity contribution in [2.75, 3.05) is 171 Å². The number of hydrogen-bond acceptors (Lipinski definition) is 33. The highest BCUT2D eigenvalue weighted by atomic mass is 32.2. The van der Waals surface area contributed by atoms with Gasteiger partial charge in [-0.05, 0) is 135 Å². The van der Waals surface area contributed by atoms with Gasteiger partial charge in [-0.15, -0.1) is 45.3 Å². The Morgan fingerprint density at radius 1 is 0.400 bits per heavy atom. The molecule has 39 heteroatoms. The number of anilines is 4. The molecular weight excluding hydrogens is 1750 g/mol. The lowest BCUT2D eigenvalue weighted by Gasteiger charge is -2.29. The average Bonchev–Trinajstić information content (AvgIpc) is 1.61. The molecule has 0 aliphatic carbocycles. The number of carbonyl (C=O) groups excluding carboxylic acids is 4. The van der Waals surface area contributed by atoms with Crippen LogP contribution in [-0.2, 0) is 48.2 Å². The summed E-state index contributed by atoms with van der Waals surface area (Å²) in [7, 11) is -0.0845. The van der Waals surface area contributed by atoms with E-state index in [0.717, 1.165) is 84.2 Å². The quantitative estimate of drug-likeness (QED) is 0.0366. The number of likely N-dealkylation sites (N-methyl/N-ethyl adjacent to an activating group) is 1. The molecule has 0 aromatic carbocycles. The van der Waals surface area contributed by atoms with Crippen molar-refractivity contribution >= 4 is 143 Å². The Labute approximate surface area is 765 Å². The molecule has 15 aromatic rings. The van der Waals surface area contributed by atoms with Crippen molar-refractivity contribution in [3.8, 4) is 46.1 Å². The number of fused-ring (bicyclic) bond motifs is 4. The fraction of sp³-hybridized carbons (Fsp3) is 0.308. The highest BCUT2D eigenvalue weighted by Gasteiger charge is 2.31. The van der Waals surface area contributed by atoms with Crippen molar-refractivity contribution in [1.29, 1.82) is 0 Å². The molecule has 4 N–H and O–H groups in total. The Morgan fingerprint density at radius 2 is 0.769 bits per heavy atom. The molecule has 668 valence electrons. The fourth-order valence-electron chi connectivity index (χ4n) is 14.8. The molecular formula is C91H94N24O10S5. The number of morpholine rings is 4. The molecule has 0 saturated carbocycles. The molecule has 4 saturated heterocycles. The van der Waals surface area contributed by atoms with E-state index in [1.807, 2.05) is 146 Å². The van der Waals surface area contributed by atoms with Crippen LogP contribution in [0.3, 0.4) is 0 Å². The standard InChI is InChI=1S/C25H26N6O2S.2C23H22N6O2S.C20H24N6O4S2/c1-17-15-18(6-9-26-17)7-10-30(2)25(32)19-16-34-24-21(19)23(31-11-13-33-14-12-31)28-22(29-24)20-5-3-4-8-27-20;30-22(26-9-6-16-4-3-7-24-14-16)17-15-32-23-19(17)21(29-10-12-31-13-11-29)27-20(28-23)18-5-1-2-8-25-18;30-22(26-10-6-16-4-8-24-9-5-16)17-15-32-23-19(17)21(29-11-13-31-14-12-29)27-20(28-23)18-3-1-2-7-25-18;1-21-32(28,29)12-4-7-23-19(27)14-13-31-20-16(14)18(26-8-10-30-11-9-26)24-17(25-20)15-5-2-3-6-22-15/h3-6,8-9,15-16H,7,10-14H2,1-2H3;1-5,7-8,14-15H,6,9-13H2,(H,26,30);1-5,7-9,15H,6,10-14H2,(H,26,30);2-3,5-6,13,21H,4,7-12H2,1H3,(H,23,27). The zero-order chi connectivity index (χ0) is 89.6. The molecule has 19 heterocycles. The fourth-order valence-corrected chi connectivity index (χ4v) is 19.1. The van der Waals surface area contributed by atoms with Gasteiger partial charge in [-0.3, -0.25) is 54.1 Å². The normalized spacial score (nSPS) is 14.1. The van der Waals surface area contributed by atoms with Gasteiger partial charge in [0.2, 0.25) is 10.0 Å². The van der Waals surface area contributed by atoms with E-state index in [2.05, 4.69) is 86.2 Å². The molecule has 130 heavy (non-hydrogen) atoms. The van der Waals surface area contributed by atoms with Gasteiger partial charge >= 0.3 is 0 Å². The summed E-state index contributed by atoms with van der Waals surface area (Å²) in [5, 5.41) is 19.4. The summed E-state index contributed by atoms with van der Waals surface area (Å²) in [6.07, 6.45) is 18.3. The summed E-state index contributed by atoms with van der Waals surface area (Å²) >= 11 is 5.75. The van der Waals surface area contributed by atoms with Crippen LogP contribution in [0.25, 0.3) is 86.9 Å². The zero-order valence-electron chi connectivity index (χ0n) is 71.6. The number of nitrogens with one attached hydrogen (secondary N) is 4.